The number of anilines is 1. The van der Waals surface area contributed by atoms with E-state index in [-0.39, 0.29) is 17.7 Å². The van der Waals surface area contributed by atoms with Crippen molar-refractivity contribution in [3.05, 3.63) is 68.8 Å². The first-order valence-electron chi connectivity index (χ1n) is 8.61. The lowest BCUT2D eigenvalue weighted by atomic mass is 10.1. The molecular formula is C19H21N5O3S. The SMILES string of the molecule is Cc1c(NC(=O)C[C@@H](NC(N)=O)c2cccs2)c(=O)n(-c2ccccc2)n1C. The van der Waals surface area contributed by atoms with Crippen LogP contribution in [0.25, 0.3) is 5.69 Å². The summed E-state index contributed by atoms with van der Waals surface area (Å²) in [5.74, 6) is -0.391. The second-order valence-corrected chi connectivity index (χ2v) is 7.24. The Hall–Kier alpha value is -3.33. The van der Waals surface area contributed by atoms with Gasteiger partial charge in [0, 0.05) is 11.9 Å². The Morgan fingerprint density at radius 3 is 2.50 bits per heavy atom. The van der Waals surface area contributed by atoms with Crippen LogP contribution in [0.4, 0.5) is 10.5 Å². The van der Waals surface area contributed by atoms with Gasteiger partial charge in [-0.2, -0.15) is 0 Å². The van der Waals surface area contributed by atoms with Crippen LogP contribution in [0.15, 0.2) is 52.6 Å². The molecule has 0 saturated heterocycles. The Morgan fingerprint density at radius 1 is 1.18 bits per heavy atom. The number of nitrogens with two attached hydrogens (primary N) is 1. The lowest BCUT2D eigenvalue weighted by Gasteiger charge is -2.15. The van der Waals surface area contributed by atoms with E-state index in [4.69, 9.17) is 5.73 Å². The third kappa shape index (κ3) is 3.99. The van der Waals surface area contributed by atoms with Crippen molar-refractivity contribution in [2.45, 2.75) is 19.4 Å². The van der Waals surface area contributed by atoms with Crippen molar-refractivity contribution in [2.24, 2.45) is 12.8 Å². The largest absolute Gasteiger partial charge is 0.352 e. The summed E-state index contributed by atoms with van der Waals surface area (Å²) in [6, 6.07) is 11.5. The van der Waals surface area contributed by atoms with Crippen molar-refractivity contribution in [3.63, 3.8) is 0 Å². The fourth-order valence-corrected chi connectivity index (χ4v) is 3.75. The predicted octanol–water partition coefficient (Wildman–Crippen LogP) is 2.28. The monoisotopic (exact) mass is 399 g/mol. The summed E-state index contributed by atoms with van der Waals surface area (Å²) in [4.78, 5) is 37.6. The Balaban J connectivity index is 1.84. The highest BCUT2D eigenvalue weighted by atomic mass is 32.1. The van der Waals surface area contributed by atoms with Gasteiger partial charge in [-0.1, -0.05) is 24.3 Å². The number of nitrogens with one attached hydrogen (secondary N) is 2. The minimum absolute atomic E-state index is 0.0391. The zero-order chi connectivity index (χ0) is 20.3. The van der Waals surface area contributed by atoms with Gasteiger partial charge in [0.25, 0.3) is 5.56 Å². The van der Waals surface area contributed by atoms with E-state index in [0.717, 1.165) is 4.88 Å². The molecule has 146 valence electrons. The number of aromatic nitrogens is 2. The smallest absolute Gasteiger partial charge is 0.312 e. The van der Waals surface area contributed by atoms with E-state index in [1.54, 1.807) is 18.7 Å². The molecule has 3 amide bonds. The van der Waals surface area contributed by atoms with Crippen LogP contribution in [-0.4, -0.2) is 21.3 Å². The number of hydrogen-bond acceptors (Lipinski definition) is 4. The normalized spacial score (nSPS) is 11.8. The highest BCUT2D eigenvalue weighted by Crippen LogP contribution is 2.23. The number of para-hydroxylation sites is 1. The maximum Gasteiger partial charge on any atom is 0.312 e. The zero-order valence-electron chi connectivity index (χ0n) is 15.5. The molecule has 0 radical (unpaired) electrons. The number of nitrogens with zero attached hydrogens (tertiary/aromatic N) is 2. The van der Waals surface area contributed by atoms with Gasteiger partial charge >= 0.3 is 6.03 Å². The summed E-state index contributed by atoms with van der Waals surface area (Å²) in [5, 5.41) is 7.12. The van der Waals surface area contributed by atoms with E-state index in [2.05, 4.69) is 10.6 Å². The summed E-state index contributed by atoms with van der Waals surface area (Å²) < 4.78 is 3.18. The van der Waals surface area contributed by atoms with Crippen molar-refractivity contribution in [1.82, 2.24) is 14.7 Å². The Kier molecular flexibility index (Phi) is 5.65. The maximum atomic E-state index is 12.9. The molecule has 0 aliphatic heterocycles. The quantitative estimate of drug-likeness (QED) is 0.591. The molecule has 0 spiro atoms. The van der Waals surface area contributed by atoms with E-state index < -0.39 is 18.0 Å². The maximum absolute atomic E-state index is 12.9. The van der Waals surface area contributed by atoms with Crippen molar-refractivity contribution in [2.75, 3.05) is 5.32 Å². The molecule has 8 nitrogen and oxygen atoms in total. The molecule has 0 aliphatic carbocycles. The molecule has 28 heavy (non-hydrogen) atoms. The lowest BCUT2D eigenvalue weighted by molar-refractivity contribution is -0.116. The van der Waals surface area contributed by atoms with Crippen LogP contribution < -0.4 is 21.9 Å². The molecule has 4 N–H and O–H groups in total. The fourth-order valence-electron chi connectivity index (χ4n) is 2.97. The van der Waals surface area contributed by atoms with Gasteiger partial charge in [0.1, 0.15) is 5.69 Å². The second kappa shape index (κ2) is 8.13. The summed E-state index contributed by atoms with van der Waals surface area (Å²) in [6.07, 6.45) is -0.0391. The van der Waals surface area contributed by atoms with E-state index in [0.29, 0.717) is 11.4 Å². The van der Waals surface area contributed by atoms with Gasteiger partial charge in [-0.25, -0.2) is 9.48 Å². The highest BCUT2D eigenvalue weighted by Gasteiger charge is 2.22. The average molecular weight is 399 g/mol. The molecule has 0 fully saturated rings. The zero-order valence-corrected chi connectivity index (χ0v) is 16.3. The third-order valence-corrected chi connectivity index (χ3v) is 5.40. The van der Waals surface area contributed by atoms with Gasteiger partial charge in [0.15, 0.2) is 0 Å². The van der Waals surface area contributed by atoms with Crippen LogP contribution >= 0.6 is 11.3 Å². The van der Waals surface area contributed by atoms with E-state index in [1.165, 1.54) is 16.0 Å². The summed E-state index contributed by atoms with van der Waals surface area (Å²) in [5.41, 5.74) is 6.44. The minimum Gasteiger partial charge on any atom is -0.352 e. The number of urea groups is 1. The van der Waals surface area contributed by atoms with Crippen LogP contribution in [0.5, 0.6) is 0 Å². The summed E-state index contributed by atoms with van der Waals surface area (Å²) in [7, 11) is 1.75. The topological polar surface area (TPSA) is 111 Å². The van der Waals surface area contributed by atoms with Crippen LogP contribution in [0.3, 0.4) is 0 Å². The Bertz CT molecular complexity index is 1040. The van der Waals surface area contributed by atoms with Crippen LogP contribution in [-0.2, 0) is 11.8 Å². The number of carbonyl (C=O) groups is 2. The summed E-state index contributed by atoms with van der Waals surface area (Å²) >= 11 is 1.41. The first-order chi connectivity index (χ1) is 13.4. The van der Waals surface area contributed by atoms with Gasteiger partial charge < -0.3 is 16.4 Å². The molecule has 2 aromatic heterocycles. The number of rotatable bonds is 6. The highest BCUT2D eigenvalue weighted by molar-refractivity contribution is 7.10. The number of primary amides is 1. The molecule has 3 rings (SSSR count). The van der Waals surface area contributed by atoms with Crippen LogP contribution in [0, 0.1) is 6.92 Å². The third-order valence-electron chi connectivity index (χ3n) is 4.41. The Morgan fingerprint density at radius 2 is 1.89 bits per heavy atom. The lowest BCUT2D eigenvalue weighted by Crippen LogP contribution is -2.35. The minimum atomic E-state index is -0.714. The second-order valence-electron chi connectivity index (χ2n) is 6.27. The standard InChI is InChI=1S/C19H21N5O3S/c1-12-17(18(26)24(23(12)2)13-7-4-3-5-8-13)22-16(25)11-14(21-19(20)27)15-9-6-10-28-15/h3-10,14H,11H2,1-2H3,(H,22,25)(H3,20,21,27)/t14-/m1/s1. The molecule has 0 bridgehead atoms. The molecule has 0 saturated carbocycles. The number of carbonyl (C=O) groups excluding carboxylic acids is 2. The van der Waals surface area contributed by atoms with Crippen LogP contribution in [0.1, 0.15) is 23.0 Å². The summed E-state index contributed by atoms with van der Waals surface area (Å²) in [6.45, 7) is 1.76. The molecule has 0 unspecified atom stereocenters. The predicted molar refractivity (Wildman–Crippen MR) is 109 cm³/mol. The number of hydrogen-bond donors (Lipinski definition) is 3. The molecule has 9 heteroatoms. The molecular weight excluding hydrogens is 378 g/mol. The van der Waals surface area contributed by atoms with E-state index in [1.807, 2.05) is 47.8 Å². The van der Waals surface area contributed by atoms with Crippen molar-refractivity contribution in [3.8, 4) is 5.69 Å². The molecule has 2 heterocycles. The fraction of sp³-hybridized carbons (Fsp3) is 0.211. The Labute approximate surface area is 165 Å². The molecule has 1 aromatic carbocycles. The van der Waals surface area contributed by atoms with Crippen molar-refractivity contribution >= 4 is 29.0 Å². The van der Waals surface area contributed by atoms with Gasteiger partial charge in [-0.15, -0.1) is 11.3 Å². The van der Waals surface area contributed by atoms with Gasteiger partial charge in [-0.05, 0) is 30.5 Å². The number of benzene rings is 1. The number of amides is 3. The first kappa shape index (κ1) is 19.4. The van der Waals surface area contributed by atoms with Gasteiger partial charge in [0.2, 0.25) is 5.91 Å². The van der Waals surface area contributed by atoms with Crippen LogP contribution in [0.2, 0.25) is 0 Å². The van der Waals surface area contributed by atoms with E-state index >= 15 is 0 Å². The molecule has 1 atom stereocenters. The van der Waals surface area contributed by atoms with E-state index in [9.17, 15) is 14.4 Å². The van der Waals surface area contributed by atoms with Crippen molar-refractivity contribution < 1.29 is 9.59 Å². The van der Waals surface area contributed by atoms with Crippen molar-refractivity contribution in [1.29, 1.82) is 0 Å². The average Bonchev–Trinajstić information content (AvgIpc) is 3.26. The molecule has 0 aliphatic rings. The first-order valence-corrected chi connectivity index (χ1v) is 9.49. The van der Waals surface area contributed by atoms with Gasteiger partial charge in [0.05, 0.1) is 23.8 Å². The number of thiophene rings is 1. The van der Waals surface area contributed by atoms with Gasteiger partial charge in [-0.3, -0.25) is 14.3 Å². The molecule has 3 aromatic rings.